The minimum absolute atomic E-state index is 0.170. The van der Waals surface area contributed by atoms with Gasteiger partial charge in [-0.1, -0.05) is 129 Å². The number of hydrogen-bond donors (Lipinski definition) is 1. The van der Waals surface area contributed by atoms with Gasteiger partial charge in [-0.05, 0) is 38.5 Å². The third kappa shape index (κ3) is 27.7. The molecule has 0 fully saturated rings. The van der Waals surface area contributed by atoms with Crippen LogP contribution < -0.4 is 0 Å². The van der Waals surface area contributed by atoms with Gasteiger partial charge in [-0.25, -0.2) is 0 Å². The number of ether oxygens (including phenoxy) is 2. The van der Waals surface area contributed by atoms with E-state index >= 15 is 0 Å². The molecule has 0 rings (SSSR count). The molecule has 4 heteroatoms. The number of carbonyl (C=O) groups is 1. The van der Waals surface area contributed by atoms with Crippen molar-refractivity contribution < 1.29 is 19.4 Å². The van der Waals surface area contributed by atoms with Crippen molar-refractivity contribution in [2.24, 2.45) is 0 Å². The summed E-state index contributed by atoms with van der Waals surface area (Å²) in [5.41, 5.74) is 0. The van der Waals surface area contributed by atoms with Crippen LogP contribution in [0.25, 0.3) is 0 Å². The Bertz CT molecular complexity index is 463. The standard InChI is InChI=1S/C32H62O4/c1-3-5-7-9-11-13-14-15-16-17-18-20-22-24-26-28-35-30-31(29-33)36-32(34)27-25-23-21-19-12-10-8-6-4-2/h14-15,31,33H,3-13,16-30H2,1-2H3/b15-14-. The summed E-state index contributed by atoms with van der Waals surface area (Å²) in [7, 11) is 0. The second kappa shape index (κ2) is 30.4. The first-order valence-corrected chi connectivity index (χ1v) is 15.8. The molecular formula is C32H62O4. The largest absolute Gasteiger partial charge is 0.457 e. The van der Waals surface area contributed by atoms with E-state index in [1.165, 1.54) is 122 Å². The Hall–Kier alpha value is -0.870. The lowest BCUT2D eigenvalue weighted by Crippen LogP contribution is -2.27. The van der Waals surface area contributed by atoms with Gasteiger partial charge < -0.3 is 14.6 Å². The van der Waals surface area contributed by atoms with Crippen molar-refractivity contribution in [2.75, 3.05) is 19.8 Å². The van der Waals surface area contributed by atoms with Crippen LogP contribution in [-0.4, -0.2) is 37.0 Å². The third-order valence-corrected chi connectivity index (χ3v) is 6.84. The van der Waals surface area contributed by atoms with Gasteiger partial charge in [0.1, 0.15) is 6.10 Å². The molecule has 0 saturated carbocycles. The van der Waals surface area contributed by atoms with E-state index in [1.807, 2.05) is 0 Å². The average Bonchev–Trinajstić information content (AvgIpc) is 2.88. The van der Waals surface area contributed by atoms with Crippen molar-refractivity contribution in [2.45, 2.75) is 168 Å². The Morgan fingerprint density at radius 1 is 0.639 bits per heavy atom. The van der Waals surface area contributed by atoms with Gasteiger partial charge >= 0.3 is 5.97 Å². The predicted molar refractivity (Wildman–Crippen MR) is 154 cm³/mol. The number of unbranched alkanes of at least 4 members (excludes halogenated alkanes) is 19. The number of esters is 1. The van der Waals surface area contributed by atoms with Gasteiger partial charge in [0.05, 0.1) is 13.2 Å². The summed E-state index contributed by atoms with van der Waals surface area (Å²) in [6.07, 6.45) is 32.4. The molecule has 0 aliphatic rings. The van der Waals surface area contributed by atoms with Gasteiger partial charge in [-0.15, -0.1) is 0 Å². The van der Waals surface area contributed by atoms with Crippen LogP contribution in [0.2, 0.25) is 0 Å². The molecule has 0 heterocycles. The van der Waals surface area contributed by atoms with Crippen LogP contribution in [0.1, 0.15) is 162 Å². The number of rotatable bonds is 29. The van der Waals surface area contributed by atoms with Crippen LogP contribution in [0.5, 0.6) is 0 Å². The lowest BCUT2D eigenvalue weighted by molar-refractivity contribution is -0.154. The Balaban J connectivity index is 3.43. The maximum atomic E-state index is 12.0. The summed E-state index contributed by atoms with van der Waals surface area (Å²) in [4.78, 5) is 12.0. The molecule has 0 aromatic carbocycles. The normalized spacial score (nSPS) is 12.4. The Morgan fingerprint density at radius 2 is 1.08 bits per heavy atom. The van der Waals surface area contributed by atoms with Crippen molar-refractivity contribution in [3.63, 3.8) is 0 Å². The number of aliphatic hydroxyl groups excluding tert-OH is 1. The van der Waals surface area contributed by atoms with Crippen molar-refractivity contribution in [1.82, 2.24) is 0 Å². The smallest absolute Gasteiger partial charge is 0.306 e. The minimum atomic E-state index is -0.527. The van der Waals surface area contributed by atoms with Gasteiger partial charge in [0, 0.05) is 13.0 Å². The van der Waals surface area contributed by atoms with E-state index in [-0.39, 0.29) is 12.6 Å². The minimum Gasteiger partial charge on any atom is -0.457 e. The number of carbonyl (C=O) groups excluding carboxylic acids is 1. The first-order valence-electron chi connectivity index (χ1n) is 15.8. The fraction of sp³-hybridized carbons (Fsp3) is 0.906. The van der Waals surface area contributed by atoms with E-state index in [9.17, 15) is 9.90 Å². The highest BCUT2D eigenvalue weighted by atomic mass is 16.6. The molecule has 1 unspecified atom stereocenters. The van der Waals surface area contributed by atoms with Gasteiger partial charge in [-0.3, -0.25) is 4.79 Å². The van der Waals surface area contributed by atoms with Gasteiger partial charge in [0.2, 0.25) is 0 Å². The van der Waals surface area contributed by atoms with Crippen LogP contribution in [0, 0.1) is 0 Å². The van der Waals surface area contributed by atoms with Crippen molar-refractivity contribution >= 4 is 5.97 Å². The lowest BCUT2D eigenvalue weighted by Gasteiger charge is -2.15. The summed E-state index contributed by atoms with van der Waals surface area (Å²) in [5, 5.41) is 9.48. The lowest BCUT2D eigenvalue weighted by atomic mass is 10.1. The summed E-state index contributed by atoms with van der Waals surface area (Å²) in [6.45, 7) is 5.31. The third-order valence-electron chi connectivity index (χ3n) is 6.84. The van der Waals surface area contributed by atoms with E-state index < -0.39 is 6.10 Å². The molecule has 0 amide bonds. The van der Waals surface area contributed by atoms with Crippen LogP contribution in [-0.2, 0) is 14.3 Å². The molecule has 0 aliphatic carbocycles. The highest BCUT2D eigenvalue weighted by Crippen LogP contribution is 2.12. The van der Waals surface area contributed by atoms with Crippen LogP contribution in [0.15, 0.2) is 12.2 Å². The zero-order valence-corrected chi connectivity index (χ0v) is 24.3. The molecule has 1 N–H and O–H groups in total. The Labute approximate surface area is 225 Å². The quantitative estimate of drug-likeness (QED) is 0.0618. The van der Waals surface area contributed by atoms with E-state index in [2.05, 4.69) is 26.0 Å². The van der Waals surface area contributed by atoms with E-state index in [0.29, 0.717) is 19.6 Å². The molecule has 214 valence electrons. The van der Waals surface area contributed by atoms with E-state index in [0.717, 1.165) is 19.3 Å². The van der Waals surface area contributed by atoms with Gasteiger partial charge in [0.25, 0.3) is 0 Å². The second-order valence-corrected chi connectivity index (χ2v) is 10.5. The molecule has 0 aromatic rings. The average molecular weight is 511 g/mol. The maximum absolute atomic E-state index is 12.0. The monoisotopic (exact) mass is 510 g/mol. The molecule has 36 heavy (non-hydrogen) atoms. The summed E-state index contributed by atoms with van der Waals surface area (Å²) in [5.74, 6) is -0.206. The summed E-state index contributed by atoms with van der Waals surface area (Å²) < 4.78 is 11.0. The Morgan fingerprint density at radius 3 is 1.58 bits per heavy atom. The van der Waals surface area contributed by atoms with Crippen LogP contribution in [0.3, 0.4) is 0 Å². The molecule has 1 atom stereocenters. The topological polar surface area (TPSA) is 55.8 Å². The predicted octanol–water partition coefficient (Wildman–Crippen LogP) is 9.48. The molecule has 0 aromatic heterocycles. The molecule has 0 radical (unpaired) electrons. The van der Waals surface area contributed by atoms with Gasteiger partial charge in [-0.2, -0.15) is 0 Å². The van der Waals surface area contributed by atoms with Crippen LogP contribution >= 0.6 is 0 Å². The van der Waals surface area contributed by atoms with E-state index in [4.69, 9.17) is 9.47 Å². The van der Waals surface area contributed by atoms with Crippen molar-refractivity contribution in [1.29, 1.82) is 0 Å². The molecule has 0 spiro atoms. The first kappa shape index (κ1) is 35.1. The summed E-state index contributed by atoms with van der Waals surface area (Å²) >= 11 is 0. The SMILES string of the molecule is CCCCCCC/C=C\CCCCCCCCOCC(CO)OC(=O)CCCCCCCCCCC. The Kier molecular flexibility index (Phi) is 29.6. The van der Waals surface area contributed by atoms with Crippen LogP contribution in [0.4, 0.5) is 0 Å². The van der Waals surface area contributed by atoms with E-state index in [1.54, 1.807) is 0 Å². The molecule has 0 bridgehead atoms. The zero-order chi connectivity index (χ0) is 26.4. The zero-order valence-electron chi connectivity index (χ0n) is 24.3. The molecule has 4 nitrogen and oxygen atoms in total. The highest BCUT2D eigenvalue weighted by molar-refractivity contribution is 5.69. The second-order valence-electron chi connectivity index (χ2n) is 10.5. The number of hydrogen-bond acceptors (Lipinski definition) is 4. The molecule has 0 aliphatic heterocycles. The number of allylic oxidation sites excluding steroid dienone is 2. The maximum Gasteiger partial charge on any atom is 0.306 e. The molecular weight excluding hydrogens is 448 g/mol. The molecule has 0 saturated heterocycles. The van der Waals surface area contributed by atoms with Crippen molar-refractivity contribution in [3.8, 4) is 0 Å². The van der Waals surface area contributed by atoms with Crippen molar-refractivity contribution in [3.05, 3.63) is 12.2 Å². The fourth-order valence-electron chi connectivity index (χ4n) is 4.44. The highest BCUT2D eigenvalue weighted by Gasteiger charge is 2.13. The first-order chi connectivity index (χ1) is 17.7. The number of aliphatic hydroxyl groups is 1. The van der Waals surface area contributed by atoms with Gasteiger partial charge in [0.15, 0.2) is 0 Å². The summed E-state index contributed by atoms with van der Waals surface area (Å²) in [6, 6.07) is 0. The fourth-order valence-corrected chi connectivity index (χ4v) is 4.44.